The first-order valence-electron chi connectivity index (χ1n) is 9.07. The lowest BCUT2D eigenvalue weighted by Crippen LogP contribution is -2.28. The second-order valence-electron chi connectivity index (χ2n) is 6.45. The molecule has 6 heteroatoms. The molecule has 1 amide bonds. The van der Waals surface area contributed by atoms with Gasteiger partial charge in [-0.05, 0) is 35.4 Å². The van der Waals surface area contributed by atoms with Crippen molar-refractivity contribution in [1.82, 2.24) is 20.1 Å². The van der Waals surface area contributed by atoms with E-state index in [1.54, 1.807) is 11.0 Å². The zero-order chi connectivity index (χ0) is 19.3. The molecule has 4 rings (SSSR count). The Morgan fingerprint density at radius 2 is 1.79 bits per heavy atom. The molecule has 0 saturated carbocycles. The third-order valence-corrected chi connectivity index (χ3v) is 5.34. The van der Waals surface area contributed by atoms with Crippen LogP contribution >= 0.6 is 11.8 Å². The first kappa shape index (κ1) is 18.3. The van der Waals surface area contributed by atoms with Crippen LogP contribution in [0.15, 0.2) is 84.3 Å². The van der Waals surface area contributed by atoms with Gasteiger partial charge in [-0.1, -0.05) is 72.4 Å². The van der Waals surface area contributed by atoms with Gasteiger partial charge >= 0.3 is 0 Å². The van der Waals surface area contributed by atoms with Gasteiger partial charge in [0, 0.05) is 0 Å². The predicted molar refractivity (Wildman–Crippen MR) is 113 cm³/mol. The van der Waals surface area contributed by atoms with E-state index in [0.717, 1.165) is 16.6 Å². The van der Waals surface area contributed by atoms with Gasteiger partial charge < -0.3 is 5.32 Å². The molecule has 1 heterocycles. The number of nitrogens with one attached hydrogen (secondary N) is 1. The van der Waals surface area contributed by atoms with Gasteiger partial charge in [-0.25, -0.2) is 9.67 Å². The summed E-state index contributed by atoms with van der Waals surface area (Å²) in [6, 6.07) is 24.1. The fourth-order valence-corrected chi connectivity index (χ4v) is 3.75. The predicted octanol–water partition coefficient (Wildman–Crippen LogP) is 4.39. The molecule has 1 aromatic heterocycles. The molecule has 28 heavy (non-hydrogen) atoms. The first-order chi connectivity index (χ1) is 13.7. The van der Waals surface area contributed by atoms with E-state index in [0.29, 0.717) is 5.16 Å². The minimum absolute atomic E-state index is 0.0403. The third kappa shape index (κ3) is 4.07. The van der Waals surface area contributed by atoms with Crippen LogP contribution in [0.4, 0.5) is 0 Å². The quantitative estimate of drug-likeness (QED) is 0.498. The number of rotatable bonds is 6. The Bertz CT molecular complexity index is 1090. The average Bonchev–Trinajstić information content (AvgIpc) is 3.21. The van der Waals surface area contributed by atoms with E-state index >= 15 is 0 Å². The van der Waals surface area contributed by atoms with E-state index in [1.165, 1.54) is 17.1 Å². The van der Waals surface area contributed by atoms with Crippen molar-refractivity contribution in [3.8, 4) is 5.69 Å². The number of hydrogen-bond acceptors (Lipinski definition) is 4. The molecule has 0 aliphatic carbocycles. The molecule has 5 nitrogen and oxygen atoms in total. The summed E-state index contributed by atoms with van der Waals surface area (Å²) in [5.41, 5.74) is 2.05. The minimum Gasteiger partial charge on any atom is -0.349 e. The van der Waals surface area contributed by atoms with Crippen molar-refractivity contribution >= 4 is 28.4 Å². The van der Waals surface area contributed by atoms with Crippen LogP contribution in [-0.2, 0) is 4.79 Å². The van der Waals surface area contributed by atoms with E-state index in [2.05, 4.69) is 39.7 Å². The largest absolute Gasteiger partial charge is 0.349 e. The number of amides is 1. The molecular formula is C22H20N4OS. The number of nitrogens with zero attached hydrogens (tertiary/aromatic N) is 3. The summed E-state index contributed by atoms with van der Waals surface area (Å²) in [5.74, 6) is 0.231. The fraction of sp³-hybridized carbons (Fsp3) is 0.136. The molecule has 1 N–H and O–H groups in total. The van der Waals surface area contributed by atoms with Gasteiger partial charge in [-0.15, -0.1) is 5.10 Å². The summed E-state index contributed by atoms with van der Waals surface area (Å²) in [6.45, 7) is 2.01. The number of benzene rings is 3. The summed E-state index contributed by atoms with van der Waals surface area (Å²) in [5, 5.41) is 10.4. The van der Waals surface area contributed by atoms with Crippen molar-refractivity contribution in [2.45, 2.75) is 18.1 Å². The molecule has 0 spiro atoms. The van der Waals surface area contributed by atoms with Crippen molar-refractivity contribution in [3.05, 3.63) is 84.7 Å². The molecule has 0 aliphatic heterocycles. The Morgan fingerprint density at radius 3 is 2.64 bits per heavy atom. The molecule has 0 aliphatic rings. The molecule has 1 unspecified atom stereocenters. The Morgan fingerprint density at radius 1 is 1.04 bits per heavy atom. The van der Waals surface area contributed by atoms with Crippen LogP contribution in [0.2, 0.25) is 0 Å². The van der Waals surface area contributed by atoms with Crippen LogP contribution < -0.4 is 5.32 Å². The standard InChI is InChI=1S/C22H20N4OS/c1-16(19-13-7-9-17-8-5-6-12-20(17)19)24-21(27)14-28-22-23-15-26(25-22)18-10-3-2-4-11-18/h2-13,15-16H,14H2,1H3,(H,24,27). The smallest absolute Gasteiger partial charge is 0.230 e. The molecular weight excluding hydrogens is 368 g/mol. The van der Waals surface area contributed by atoms with Gasteiger partial charge in [0.05, 0.1) is 17.5 Å². The molecule has 0 radical (unpaired) electrons. The normalized spacial score (nSPS) is 12.0. The zero-order valence-electron chi connectivity index (χ0n) is 15.4. The van der Waals surface area contributed by atoms with E-state index in [4.69, 9.17) is 0 Å². The van der Waals surface area contributed by atoms with E-state index in [1.807, 2.05) is 55.5 Å². The zero-order valence-corrected chi connectivity index (χ0v) is 16.3. The van der Waals surface area contributed by atoms with E-state index in [9.17, 15) is 4.79 Å². The number of hydrogen-bond donors (Lipinski definition) is 1. The molecule has 4 aromatic rings. The first-order valence-corrected chi connectivity index (χ1v) is 10.1. The summed E-state index contributed by atoms with van der Waals surface area (Å²) in [6.07, 6.45) is 1.66. The molecule has 0 fully saturated rings. The fourth-order valence-electron chi connectivity index (χ4n) is 3.14. The number of carbonyl (C=O) groups excluding carboxylic acids is 1. The Kier molecular flexibility index (Phi) is 5.39. The summed E-state index contributed by atoms with van der Waals surface area (Å²) < 4.78 is 1.71. The lowest BCUT2D eigenvalue weighted by atomic mass is 10.00. The monoisotopic (exact) mass is 388 g/mol. The Labute approximate surface area is 167 Å². The van der Waals surface area contributed by atoms with Gasteiger partial charge in [0.1, 0.15) is 6.33 Å². The van der Waals surface area contributed by atoms with Crippen LogP contribution in [0.25, 0.3) is 16.5 Å². The number of aromatic nitrogens is 3. The lowest BCUT2D eigenvalue weighted by molar-refractivity contribution is -0.119. The number of thioether (sulfide) groups is 1. The second-order valence-corrected chi connectivity index (χ2v) is 7.40. The van der Waals surface area contributed by atoms with Crippen molar-refractivity contribution in [2.24, 2.45) is 0 Å². The Hall–Kier alpha value is -3.12. The van der Waals surface area contributed by atoms with Crippen LogP contribution in [0.5, 0.6) is 0 Å². The molecule has 0 bridgehead atoms. The van der Waals surface area contributed by atoms with Crippen LogP contribution in [0.1, 0.15) is 18.5 Å². The highest BCUT2D eigenvalue weighted by Gasteiger charge is 2.13. The number of fused-ring (bicyclic) bond motifs is 1. The van der Waals surface area contributed by atoms with Crippen LogP contribution in [0, 0.1) is 0 Å². The highest BCUT2D eigenvalue weighted by atomic mass is 32.2. The van der Waals surface area contributed by atoms with Gasteiger partial charge in [0.2, 0.25) is 11.1 Å². The van der Waals surface area contributed by atoms with Crippen LogP contribution in [-0.4, -0.2) is 26.4 Å². The molecule has 0 saturated heterocycles. The lowest BCUT2D eigenvalue weighted by Gasteiger charge is -2.16. The van der Waals surface area contributed by atoms with Crippen molar-refractivity contribution in [1.29, 1.82) is 0 Å². The maximum atomic E-state index is 12.4. The van der Waals surface area contributed by atoms with E-state index < -0.39 is 0 Å². The SMILES string of the molecule is CC(NC(=O)CSc1ncn(-c2ccccc2)n1)c1cccc2ccccc12. The van der Waals surface area contributed by atoms with Gasteiger partial charge in [0.25, 0.3) is 0 Å². The van der Waals surface area contributed by atoms with Gasteiger partial charge in [-0.3, -0.25) is 4.79 Å². The minimum atomic E-state index is -0.0750. The maximum absolute atomic E-state index is 12.4. The van der Waals surface area contributed by atoms with Crippen molar-refractivity contribution in [2.75, 3.05) is 5.75 Å². The third-order valence-electron chi connectivity index (χ3n) is 4.49. The summed E-state index contributed by atoms with van der Waals surface area (Å²) >= 11 is 1.33. The molecule has 1 atom stereocenters. The highest BCUT2D eigenvalue weighted by molar-refractivity contribution is 7.99. The second kappa shape index (κ2) is 8.27. The summed E-state index contributed by atoms with van der Waals surface area (Å²) in [4.78, 5) is 16.7. The molecule has 140 valence electrons. The van der Waals surface area contributed by atoms with Crippen molar-refractivity contribution < 1.29 is 4.79 Å². The van der Waals surface area contributed by atoms with Crippen LogP contribution in [0.3, 0.4) is 0 Å². The van der Waals surface area contributed by atoms with Gasteiger partial charge in [0.15, 0.2) is 0 Å². The number of para-hydroxylation sites is 1. The topological polar surface area (TPSA) is 59.8 Å². The molecule has 3 aromatic carbocycles. The maximum Gasteiger partial charge on any atom is 0.230 e. The number of carbonyl (C=O) groups is 1. The highest BCUT2D eigenvalue weighted by Crippen LogP contribution is 2.24. The van der Waals surface area contributed by atoms with E-state index in [-0.39, 0.29) is 17.7 Å². The average molecular weight is 388 g/mol. The Balaban J connectivity index is 1.37. The summed E-state index contributed by atoms with van der Waals surface area (Å²) in [7, 11) is 0. The van der Waals surface area contributed by atoms with Crippen molar-refractivity contribution in [3.63, 3.8) is 0 Å². The van der Waals surface area contributed by atoms with Gasteiger partial charge in [-0.2, -0.15) is 0 Å².